The van der Waals surface area contributed by atoms with Gasteiger partial charge in [-0.15, -0.1) is 0 Å². The number of hydrogen-bond donors (Lipinski definition) is 1. The minimum atomic E-state index is -0.879. The molecular formula is C55H98NO7+. The molecule has 0 spiro atoms. The standard InChI is InChI=1S/C55H97NO7/c1-6-8-10-12-14-16-18-20-22-24-25-26-27-28-29-30-32-33-35-37-39-41-43-45-53(57)62-50-51(49-61-48-47-52(55(59)60)56(3,4)5)63-54(58)46-44-42-40-38-36-34-31-23-21-19-17-15-13-11-9-7-2/h8,10,14,16,20,22-23,31,34,36,51-52H,6-7,9,11-13,15,17-19,21,24-30,32-33,35,37-50H2,1-5H3/p+1/b10-8+,16-14+,22-20+,31-23+,36-34+. The molecule has 0 aromatic rings. The Balaban J connectivity index is 4.23. The number of carboxylic acid groups (broad SMARTS) is 1. The molecule has 0 aliphatic rings. The van der Waals surface area contributed by atoms with E-state index in [1.807, 2.05) is 21.1 Å². The van der Waals surface area contributed by atoms with Crippen LogP contribution in [0, 0.1) is 0 Å². The first-order valence-electron chi connectivity index (χ1n) is 25.8. The lowest BCUT2D eigenvalue weighted by Gasteiger charge is -2.31. The Morgan fingerprint density at radius 2 is 0.937 bits per heavy atom. The highest BCUT2D eigenvalue weighted by Gasteiger charge is 2.31. The van der Waals surface area contributed by atoms with Gasteiger partial charge in [0.1, 0.15) is 6.61 Å². The van der Waals surface area contributed by atoms with Crippen LogP contribution in [0.2, 0.25) is 0 Å². The predicted octanol–water partition coefficient (Wildman–Crippen LogP) is 14.9. The number of esters is 2. The number of quaternary nitrogens is 1. The van der Waals surface area contributed by atoms with E-state index in [1.165, 1.54) is 116 Å². The SMILES string of the molecule is CC/C=C/C/C=C/C/C=C/CCCCCCCCCCCCCCCC(=O)OCC(COCCC(C(=O)O)[N+](C)(C)C)OC(=O)CCCCC/C=C/C=C/CCCCCCCCC. The van der Waals surface area contributed by atoms with Crippen molar-refractivity contribution in [3.63, 3.8) is 0 Å². The van der Waals surface area contributed by atoms with Crippen LogP contribution in [0.4, 0.5) is 0 Å². The van der Waals surface area contributed by atoms with E-state index in [4.69, 9.17) is 14.2 Å². The van der Waals surface area contributed by atoms with Crippen LogP contribution in [0.25, 0.3) is 0 Å². The fraction of sp³-hybridized carbons (Fsp3) is 0.764. The number of carboxylic acids is 1. The third kappa shape index (κ3) is 44.0. The molecule has 1 N–H and O–H groups in total. The van der Waals surface area contributed by atoms with Crippen LogP contribution >= 0.6 is 0 Å². The first-order valence-corrected chi connectivity index (χ1v) is 25.8. The fourth-order valence-electron chi connectivity index (χ4n) is 7.45. The minimum absolute atomic E-state index is 0.0496. The molecule has 0 aromatic heterocycles. The molecule has 0 amide bonds. The Kier molecular flexibility index (Phi) is 43.4. The maximum absolute atomic E-state index is 12.8. The van der Waals surface area contributed by atoms with Crippen molar-refractivity contribution in [2.45, 2.75) is 231 Å². The second-order valence-corrected chi connectivity index (χ2v) is 18.4. The van der Waals surface area contributed by atoms with Crippen molar-refractivity contribution in [1.29, 1.82) is 0 Å². The van der Waals surface area contributed by atoms with Crippen LogP contribution < -0.4 is 0 Å². The van der Waals surface area contributed by atoms with E-state index in [1.54, 1.807) is 0 Å². The third-order valence-corrected chi connectivity index (χ3v) is 11.4. The molecule has 0 saturated heterocycles. The zero-order valence-corrected chi connectivity index (χ0v) is 41.5. The average Bonchev–Trinajstić information content (AvgIpc) is 3.24. The number of carbonyl (C=O) groups excluding carboxylic acids is 2. The van der Waals surface area contributed by atoms with Gasteiger partial charge in [0.05, 0.1) is 34.4 Å². The Hall–Kier alpha value is -2.97. The minimum Gasteiger partial charge on any atom is -0.477 e. The Bertz CT molecular complexity index is 1210. The molecule has 8 nitrogen and oxygen atoms in total. The lowest BCUT2D eigenvalue weighted by atomic mass is 10.0. The van der Waals surface area contributed by atoms with Gasteiger partial charge in [-0.25, -0.2) is 4.79 Å². The number of hydrogen-bond acceptors (Lipinski definition) is 6. The van der Waals surface area contributed by atoms with E-state index in [2.05, 4.69) is 74.6 Å². The van der Waals surface area contributed by atoms with Gasteiger partial charge in [0.2, 0.25) is 0 Å². The number of allylic oxidation sites excluding steroid dienone is 10. The third-order valence-electron chi connectivity index (χ3n) is 11.4. The highest BCUT2D eigenvalue weighted by molar-refractivity contribution is 5.72. The van der Waals surface area contributed by atoms with Gasteiger partial charge in [0.25, 0.3) is 0 Å². The van der Waals surface area contributed by atoms with Gasteiger partial charge in [-0.2, -0.15) is 0 Å². The topological polar surface area (TPSA) is 99.1 Å². The second kappa shape index (κ2) is 45.6. The Morgan fingerprint density at radius 3 is 1.43 bits per heavy atom. The summed E-state index contributed by atoms with van der Waals surface area (Å²) in [5.41, 5.74) is 0. The molecule has 2 atom stereocenters. The monoisotopic (exact) mass is 885 g/mol. The van der Waals surface area contributed by atoms with E-state index < -0.39 is 18.1 Å². The number of ether oxygens (including phenoxy) is 3. The average molecular weight is 885 g/mol. The van der Waals surface area contributed by atoms with E-state index in [0.717, 1.165) is 70.6 Å². The molecule has 0 rings (SSSR count). The van der Waals surface area contributed by atoms with E-state index in [9.17, 15) is 19.5 Å². The molecular weight excluding hydrogens is 787 g/mol. The van der Waals surface area contributed by atoms with Crippen molar-refractivity contribution in [3.05, 3.63) is 60.8 Å². The van der Waals surface area contributed by atoms with E-state index in [0.29, 0.717) is 19.3 Å². The van der Waals surface area contributed by atoms with Gasteiger partial charge in [-0.1, -0.05) is 190 Å². The number of likely N-dealkylation sites (N-methyl/N-ethyl adjacent to an activating group) is 1. The molecule has 0 aliphatic carbocycles. The molecule has 0 bridgehead atoms. The highest BCUT2D eigenvalue weighted by Crippen LogP contribution is 2.15. The van der Waals surface area contributed by atoms with Crippen molar-refractivity contribution in [3.8, 4) is 0 Å². The Morgan fingerprint density at radius 1 is 0.508 bits per heavy atom. The van der Waals surface area contributed by atoms with Crippen LogP contribution in [-0.4, -0.2) is 80.6 Å². The molecule has 0 heterocycles. The van der Waals surface area contributed by atoms with Crippen LogP contribution in [0.3, 0.4) is 0 Å². The second-order valence-electron chi connectivity index (χ2n) is 18.4. The normalized spacial score (nSPS) is 13.3. The summed E-state index contributed by atoms with van der Waals surface area (Å²) in [7, 11) is 5.53. The predicted molar refractivity (Wildman–Crippen MR) is 266 cm³/mol. The van der Waals surface area contributed by atoms with Crippen molar-refractivity contribution >= 4 is 17.9 Å². The number of aliphatic carboxylic acids is 1. The summed E-state index contributed by atoms with van der Waals surface area (Å²) in [6, 6.07) is -0.621. The first-order chi connectivity index (χ1) is 30.6. The highest BCUT2D eigenvalue weighted by atomic mass is 16.6. The van der Waals surface area contributed by atoms with Gasteiger partial charge < -0.3 is 23.8 Å². The molecule has 8 heteroatoms. The van der Waals surface area contributed by atoms with Gasteiger partial charge in [-0.05, 0) is 70.6 Å². The largest absolute Gasteiger partial charge is 0.477 e. The number of unbranched alkanes of at least 4 members (excludes halogenated alkanes) is 23. The Labute approximate surface area is 388 Å². The van der Waals surface area contributed by atoms with E-state index in [-0.39, 0.29) is 36.2 Å². The van der Waals surface area contributed by atoms with E-state index >= 15 is 0 Å². The van der Waals surface area contributed by atoms with Crippen LogP contribution in [0.1, 0.15) is 219 Å². The van der Waals surface area contributed by atoms with Crippen LogP contribution in [0.5, 0.6) is 0 Å². The molecule has 63 heavy (non-hydrogen) atoms. The van der Waals surface area contributed by atoms with Gasteiger partial charge in [0, 0.05) is 19.3 Å². The molecule has 2 unspecified atom stereocenters. The summed E-state index contributed by atoms with van der Waals surface area (Å²) < 4.78 is 17.3. The lowest BCUT2D eigenvalue weighted by Crippen LogP contribution is -2.50. The number of carbonyl (C=O) groups is 3. The van der Waals surface area contributed by atoms with Crippen molar-refractivity contribution in [2.24, 2.45) is 0 Å². The molecule has 0 saturated carbocycles. The number of nitrogens with zero attached hydrogens (tertiary/aromatic N) is 1. The zero-order chi connectivity index (χ0) is 46.3. The van der Waals surface area contributed by atoms with Gasteiger partial charge in [-0.3, -0.25) is 9.59 Å². The van der Waals surface area contributed by atoms with Gasteiger partial charge >= 0.3 is 17.9 Å². The van der Waals surface area contributed by atoms with Crippen molar-refractivity contribution in [1.82, 2.24) is 0 Å². The summed E-state index contributed by atoms with van der Waals surface area (Å²) >= 11 is 0. The van der Waals surface area contributed by atoms with Crippen molar-refractivity contribution in [2.75, 3.05) is 41.0 Å². The smallest absolute Gasteiger partial charge is 0.362 e. The molecule has 0 radical (unpaired) electrons. The van der Waals surface area contributed by atoms with Crippen molar-refractivity contribution < 1.29 is 38.2 Å². The molecule has 0 aliphatic heterocycles. The summed E-state index contributed by atoms with van der Waals surface area (Å²) in [6.45, 7) is 4.61. The quantitative estimate of drug-likeness (QED) is 0.0214. The molecule has 364 valence electrons. The zero-order valence-electron chi connectivity index (χ0n) is 41.5. The fourth-order valence-corrected chi connectivity index (χ4v) is 7.45. The summed E-state index contributed by atoms with van der Waals surface area (Å²) in [5, 5.41) is 9.65. The lowest BCUT2D eigenvalue weighted by molar-refractivity contribution is -0.887. The van der Waals surface area contributed by atoms with Gasteiger partial charge in [0.15, 0.2) is 12.1 Å². The summed E-state index contributed by atoms with van der Waals surface area (Å²) in [6.07, 6.45) is 57.0. The summed E-state index contributed by atoms with van der Waals surface area (Å²) in [4.78, 5) is 37.1. The molecule has 0 aromatic carbocycles. The maximum atomic E-state index is 12.8. The van der Waals surface area contributed by atoms with Crippen LogP contribution in [-0.2, 0) is 28.6 Å². The molecule has 0 fully saturated rings. The summed E-state index contributed by atoms with van der Waals surface area (Å²) in [5.74, 6) is -1.50. The first kappa shape index (κ1) is 60.0. The van der Waals surface area contributed by atoms with Crippen LogP contribution in [0.15, 0.2) is 60.8 Å². The maximum Gasteiger partial charge on any atom is 0.362 e. The number of rotatable bonds is 46.